The predicted molar refractivity (Wildman–Crippen MR) is 49.7 cm³/mol. The summed E-state index contributed by atoms with van der Waals surface area (Å²) >= 11 is 0. The molecule has 0 fully saturated rings. The Labute approximate surface area is 71.9 Å². The molecule has 0 aromatic heterocycles. The van der Waals surface area contributed by atoms with Gasteiger partial charge in [-0.1, -0.05) is 19.1 Å². The summed E-state index contributed by atoms with van der Waals surface area (Å²) in [5, 5.41) is 0. The van der Waals surface area contributed by atoms with Crippen LogP contribution in [0.5, 0.6) is 0 Å². The zero-order valence-corrected chi connectivity index (χ0v) is 7.08. The van der Waals surface area contributed by atoms with Gasteiger partial charge in [-0.25, -0.2) is 4.99 Å². The summed E-state index contributed by atoms with van der Waals surface area (Å²) in [5.74, 6) is -0.266. The Hall–Kier alpha value is -1.44. The third-order valence-electron chi connectivity index (χ3n) is 1.75. The van der Waals surface area contributed by atoms with Gasteiger partial charge < -0.3 is 0 Å². The van der Waals surface area contributed by atoms with E-state index in [0.717, 1.165) is 6.42 Å². The lowest BCUT2D eigenvalue weighted by Gasteiger charge is -1.97. The fourth-order valence-electron chi connectivity index (χ4n) is 0.974. The highest BCUT2D eigenvalue weighted by Crippen LogP contribution is 2.05. The van der Waals surface area contributed by atoms with Crippen LogP contribution in [0.4, 0.5) is 0 Å². The van der Waals surface area contributed by atoms with Crippen molar-refractivity contribution in [3.05, 3.63) is 35.4 Å². The van der Waals surface area contributed by atoms with E-state index < -0.39 is 0 Å². The molecule has 0 aliphatic rings. The summed E-state index contributed by atoms with van der Waals surface area (Å²) in [7, 11) is 0. The number of aliphatic imine (C=N–C) groups is 1. The second-order valence-corrected chi connectivity index (χ2v) is 2.51. The first-order valence-corrected chi connectivity index (χ1v) is 3.88. The summed E-state index contributed by atoms with van der Waals surface area (Å²) in [4.78, 5) is 14.3. The number of benzene rings is 1. The molecule has 0 atom stereocenters. The van der Waals surface area contributed by atoms with E-state index in [1.54, 1.807) is 12.1 Å². The molecule has 12 heavy (non-hydrogen) atoms. The van der Waals surface area contributed by atoms with E-state index >= 15 is 0 Å². The van der Waals surface area contributed by atoms with Gasteiger partial charge in [0.1, 0.15) is 0 Å². The number of nitrogens with zero attached hydrogens (tertiary/aromatic N) is 1. The number of aryl methyl sites for hydroxylation is 1. The van der Waals surface area contributed by atoms with Gasteiger partial charge in [0.05, 0.1) is 0 Å². The average Bonchev–Trinajstić information content (AvgIpc) is 2.17. The molecule has 62 valence electrons. The SMILES string of the molecule is C=NC(=O)c1ccc(CC)cc1. The molecule has 1 rings (SSSR count). The molecular formula is C10H11NO. The Kier molecular flexibility index (Phi) is 2.75. The van der Waals surface area contributed by atoms with E-state index in [0.29, 0.717) is 5.56 Å². The topological polar surface area (TPSA) is 29.4 Å². The Balaban J connectivity index is 2.91. The van der Waals surface area contributed by atoms with Crippen LogP contribution in [0, 0.1) is 0 Å². The molecule has 1 aromatic carbocycles. The normalized spacial score (nSPS) is 9.42. The third-order valence-corrected chi connectivity index (χ3v) is 1.75. The van der Waals surface area contributed by atoms with Crippen molar-refractivity contribution in [2.24, 2.45) is 4.99 Å². The third kappa shape index (κ3) is 1.78. The van der Waals surface area contributed by atoms with Crippen molar-refractivity contribution < 1.29 is 4.79 Å². The lowest BCUT2D eigenvalue weighted by Crippen LogP contribution is -1.93. The second-order valence-electron chi connectivity index (χ2n) is 2.51. The van der Waals surface area contributed by atoms with Crippen molar-refractivity contribution in [1.82, 2.24) is 0 Å². The number of carbonyl (C=O) groups excluding carboxylic acids is 1. The van der Waals surface area contributed by atoms with Gasteiger partial charge in [-0.05, 0) is 30.8 Å². The van der Waals surface area contributed by atoms with E-state index in [9.17, 15) is 4.79 Å². The van der Waals surface area contributed by atoms with Crippen LogP contribution >= 0.6 is 0 Å². The number of carbonyl (C=O) groups is 1. The van der Waals surface area contributed by atoms with Gasteiger partial charge in [0.2, 0.25) is 0 Å². The molecule has 0 spiro atoms. The molecule has 1 amide bonds. The van der Waals surface area contributed by atoms with Gasteiger partial charge in [0.15, 0.2) is 0 Å². The number of rotatable bonds is 2. The van der Waals surface area contributed by atoms with Gasteiger partial charge >= 0.3 is 0 Å². The fraction of sp³-hybridized carbons (Fsp3) is 0.200. The Morgan fingerprint density at radius 2 is 2.00 bits per heavy atom. The molecule has 0 radical (unpaired) electrons. The molecule has 0 heterocycles. The van der Waals surface area contributed by atoms with E-state index in [1.165, 1.54) is 5.56 Å². The Bertz CT molecular complexity index is 287. The van der Waals surface area contributed by atoms with Crippen LogP contribution in [0.2, 0.25) is 0 Å². The van der Waals surface area contributed by atoms with E-state index in [1.807, 2.05) is 12.1 Å². The summed E-state index contributed by atoms with van der Waals surface area (Å²) in [6.45, 7) is 5.25. The summed E-state index contributed by atoms with van der Waals surface area (Å²) in [6, 6.07) is 7.41. The minimum Gasteiger partial charge on any atom is -0.267 e. The minimum absolute atomic E-state index is 0.266. The Morgan fingerprint density at radius 3 is 2.42 bits per heavy atom. The molecule has 0 saturated heterocycles. The largest absolute Gasteiger partial charge is 0.276 e. The van der Waals surface area contributed by atoms with Crippen LogP contribution in [0.1, 0.15) is 22.8 Å². The quantitative estimate of drug-likeness (QED) is 0.611. The molecule has 0 bridgehead atoms. The van der Waals surface area contributed by atoms with E-state index in [2.05, 4.69) is 18.6 Å². The lowest BCUT2D eigenvalue weighted by molar-refractivity contribution is 0.100. The van der Waals surface area contributed by atoms with Crippen LogP contribution in [0.25, 0.3) is 0 Å². The highest BCUT2D eigenvalue weighted by Gasteiger charge is 2.00. The van der Waals surface area contributed by atoms with Crippen LogP contribution < -0.4 is 0 Å². The first-order chi connectivity index (χ1) is 5.77. The first-order valence-electron chi connectivity index (χ1n) is 3.88. The average molecular weight is 161 g/mol. The van der Waals surface area contributed by atoms with Crippen molar-refractivity contribution >= 4 is 12.6 Å². The fourth-order valence-corrected chi connectivity index (χ4v) is 0.974. The van der Waals surface area contributed by atoms with Crippen LogP contribution in [0.15, 0.2) is 29.3 Å². The number of hydrogen-bond acceptors (Lipinski definition) is 1. The molecule has 0 unspecified atom stereocenters. The number of amides is 1. The summed E-state index contributed by atoms with van der Waals surface area (Å²) < 4.78 is 0. The molecule has 0 N–H and O–H groups in total. The molecule has 0 aliphatic carbocycles. The van der Waals surface area contributed by atoms with Crippen molar-refractivity contribution in [2.45, 2.75) is 13.3 Å². The van der Waals surface area contributed by atoms with Crippen molar-refractivity contribution in [2.75, 3.05) is 0 Å². The standard InChI is InChI=1S/C10H11NO/c1-3-8-4-6-9(7-5-8)10(12)11-2/h4-7H,2-3H2,1H3. The lowest BCUT2D eigenvalue weighted by atomic mass is 10.1. The molecule has 0 saturated carbocycles. The summed E-state index contributed by atoms with van der Waals surface area (Å²) in [5.41, 5.74) is 1.82. The van der Waals surface area contributed by atoms with Gasteiger partial charge in [0.25, 0.3) is 5.91 Å². The first kappa shape index (κ1) is 8.65. The van der Waals surface area contributed by atoms with Crippen LogP contribution in [-0.2, 0) is 6.42 Å². The monoisotopic (exact) mass is 161 g/mol. The number of hydrogen-bond donors (Lipinski definition) is 0. The van der Waals surface area contributed by atoms with Crippen LogP contribution in [-0.4, -0.2) is 12.6 Å². The maximum Gasteiger partial charge on any atom is 0.276 e. The van der Waals surface area contributed by atoms with E-state index in [4.69, 9.17) is 0 Å². The maximum absolute atomic E-state index is 11.0. The zero-order valence-electron chi connectivity index (χ0n) is 7.08. The maximum atomic E-state index is 11.0. The van der Waals surface area contributed by atoms with Gasteiger partial charge in [-0.15, -0.1) is 0 Å². The molecule has 0 aliphatic heterocycles. The van der Waals surface area contributed by atoms with Crippen molar-refractivity contribution in [3.63, 3.8) is 0 Å². The van der Waals surface area contributed by atoms with Gasteiger partial charge in [-0.3, -0.25) is 4.79 Å². The minimum atomic E-state index is -0.266. The second kappa shape index (κ2) is 3.81. The van der Waals surface area contributed by atoms with Crippen molar-refractivity contribution in [3.8, 4) is 0 Å². The molecular weight excluding hydrogens is 150 g/mol. The smallest absolute Gasteiger partial charge is 0.267 e. The molecule has 2 nitrogen and oxygen atoms in total. The van der Waals surface area contributed by atoms with Gasteiger partial charge in [-0.2, -0.15) is 0 Å². The van der Waals surface area contributed by atoms with E-state index in [-0.39, 0.29) is 5.91 Å². The Morgan fingerprint density at radius 1 is 1.42 bits per heavy atom. The zero-order chi connectivity index (χ0) is 8.97. The highest BCUT2D eigenvalue weighted by molar-refractivity contribution is 5.96. The molecule has 1 aromatic rings. The van der Waals surface area contributed by atoms with Crippen molar-refractivity contribution in [1.29, 1.82) is 0 Å². The van der Waals surface area contributed by atoms with Crippen LogP contribution in [0.3, 0.4) is 0 Å². The highest BCUT2D eigenvalue weighted by atomic mass is 16.1. The predicted octanol–water partition coefficient (Wildman–Crippen LogP) is 2.09. The van der Waals surface area contributed by atoms with Gasteiger partial charge in [0, 0.05) is 5.56 Å². The summed E-state index contributed by atoms with van der Waals surface area (Å²) in [6.07, 6.45) is 0.982. The molecule has 2 heteroatoms.